The summed E-state index contributed by atoms with van der Waals surface area (Å²) in [4.78, 5) is 4.26. The molecule has 0 atom stereocenters. The molecule has 2 heterocycles. The molecule has 9 heteroatoms. The summed E-state index contributed by atoms with van der Waals surface area (Å²) in [5.41, 5.74) is 0.368. The molecule has 0 radical (unpaired) electrons. The van der Waals surface area contributed by atoms with Crippen molar-refractivity contribution < 1.29 is 22.6 Å². The van der Waals surface area contributed by atoms with Gasteiger partial charge in [0.25, 0.3) is 10.0 Å². The van der Waals surface area contributed by atoms with Crippen molar-refractivity contribution in [2.45, 2.75) is 4.90 Å². The minimum Gasteiger partial charge on any atom is -0.486 e. The van der Waals surface area contributed by atoms with Crippen molar-refractivity contribution in [1.82, 2.24) is 4.98 Å². The van der Waals surface area contributed by atoms with Gasteiger partial charge in [0.2, 0.25) is 0 Å². The molecule has 2 N–H and O–H groups in total. The Kier molecular flexibility index (Phi) is 5.25. The topological polar surface area (TPSA) is 98.8 Å². The van der Waals surface area contributed by atoms with Gasteiger partial charge in [-0.3, -0.25) is 4.72 Å². The molecule has 0 saturated heterocycles. The van der Waals surface area contributed by atoms with Crippen LogP contribution in [0.4, 0.5) is 11.5 Å². The smallest absolute Gasteiger partial charge is 0.262 e. The number of hydrogen-bond donors (Lipinski definition) is 2. The van der Waals surface area contributed by atoms with Crippen molar-refractivity contribution in [2.75, 3.05) is 43.5 Å². The Bertz CT molecular complexity index is 824. The van der Waals surface area contributed by atoms with Gasteiger partial charge in [0.15, 0.2) is 11.5 Å². The molecular weight excluding hydrogens is 346 g/mol. The van der Waals surface area contributed by atoms with Gasteiger partial charge in [0.1, 0.15) is 19.0 Å². The lowest BCUT2D eigenvalue weighted by atomic mass is 10.3. The number of methoxy groups -OCH3 is 1. The van der Waals surface area contributed by atoms with Gasteiger partial charge in [-0.25, -0.2) is 13.4 Å². The van der Waals surface area contributed by atoms with Crippen LogP contribution in [0.15, 0.2) is 41.4 Å². The van der Waals surface area contributed by atoms with Crippen molar-refractivity contribution in [2.24, 2.45) is 0 Å². The maximum Gasteiger partial charge on any atom is 0.262 e. The number of sulfonamides is 1. The molecule has 1 aromatic carbocycles. The molecule has 3 rings (SSSR count). The first-order valence-corrected chi connectivity index (χ1v) is 9.18. The van der Waals surface area contributed by atoms with Crippen LogP contribution < -0.4 is 19.5 Å². The fourth-order valence-electron chi connectivity index (χ4n) is 2.24. The number of nitrogens with one attached hydrogen (secondary N) is 2. The first-order valence-electron chi connectivity index (χ1n) is 7.70. The van der Waals surface area contributed by atoms with Crippen molar-refractivity contribution in [3.8, 4) is 11.5 Å². The van der Waals surface area contributed by atoms with Gasteiger partial charge in [-0.15, -0.1) is 0 Å². The van der Waals surface area contributed by atoms with Crippen molar-refractivity contribution in [3.05, 3.63) is 36.5 Å². The number of aromatic nitrogens is 1. The lowest BCUT2D eigenvalue weighted by Gasteiger charge is -2.19. The highest BCUT2D eigenvalue weighted by atomic mass is 32.2. The second kappa shape index (κ2) is 7.58. The van der Waals surface area contributed by atoms with Gasteiger partial charge in [-0.05, 0) is 24.3 Å². The molecule has 2 aromatic rings. The molecule has 134 valence electrons. The molecule has 0 bridgehead atoms. The lowest BCUT2D eigenvalue weighted by Crippen LogP contribution is -2.17. The average Bonchev–Trinajstić information content (AvgIpc) is 2.63. The van der Waals surface area contributed by atoms with Crippen LogP contribution in [-0.4, -0.2) is 46.9 Å². The summed E-state index contributed by atoms with van der Waals surface area (Å²) >= 11 is 0. The number of anilines is 2. The molecule has 0 spiro atoms. The van der Waals surface area contributed by atoms with E-state index >= 15 is 0 Å². The van der Waals surface area contributed by atoms with E-state index in [1.54, 1.807) is 25.3 Å². The van der Waals surface area contributed by atoms with Gasteiger partial charge >= 0.3 is 0 Å². The van der Waals surface area contributed by atoms with Gasteiger partial charge in [0.05, 0.1) is 23.4 Å². The molecule has 0 fully saturated rings. The summed E-state index contributed by atoms with van der Waals surface area (Å²) in [6.07, 6.45) is 1.45. The third-order valence-electron chi connectivity index (χ3n) is 3.45. The third-order valence-corrected chi connectivity index (χ3v) is 4.83. The second-order valence-electron chi connectivity index (χ2n) is 5.26. The molecule has 8 nitrogen and oxygen atoms in total. The highest BCUT2D eigenvalue weighted by molar-refractivity contribution is 7.92. The fourth-order valence-corrected chi connectivity index (χ4v) is 3.30. The maximum absolute atomic E-state index is 12.5. The van der Waals surface area contributed by atoms with E-state index in [0.29, 0.717) is 49.4 Å². The van der Waals surface area contributed by atoms with E-state index < -0.39 is 10.0 Å². The van der Waals surface area contributed by atoms with Gasteiger partial charge < -0.3 is 19.5 Å². The van der Waals surface area contributed by atoms with Crippen LogP contribution >= 0.6 is 0 Å². The van der Waals surface area contributed by atoms with Crippen LogP contribution in [0, 0.1) is 0 Å². The summed E-state index contributed by atoms with van der Waals surface area (Å²) in [5, 5.41) is 3.06. The van der Waals surface area contributed by atoms with Gasteiger partial charge in [-0.2, -0.15) is 0 Å². The minimum atomic E-state index is -3.75. The van der Waals surface area contributed by atoms with Gasteiger partial charge in [0, 0.05) is 19.7 Å². The first-order chi connectivity index (χ1) is 12.1. The third kappa shape index (κ3) is 4.31. The maximum atomic E-state index is 12.5. The molecule has 0 aliphatic carbocycles. The number of benzene rings is 1. The van der Waals surface area contributed by atoms with E-state index in [1.807, 2.05) is 0 Å². The van der Waals surface area contributed by atoms with E-state index in [9.17, 15) is 8.42 Å². The van der Waals surface area contributed by atoms with E-state index in [-0.39, 0.29) is 4.90 Å². The van der Waals surface area contributed by atoms with E-state index in [0.717, 1.165) is 0 Å². The number of pyridine rings is 1. The molecule has 1 aliphatic rings. The minimum absolute atomic E-state index is 0.0963. The Hall–Kier alpha value is -2.52. The summed E-state index contributed by atoms with van der Waals surface area (Å²) in [5.74, 6) is 1.60. The van der Waals surface area contributed by atoms with Crippen LogP contribution in [0.3, 0.4) is 0 Å². The van der Waals surface area contributed by atoms with Crippen LogP contribution in [0.2, 0.25) is 0 Å². The predicted molar refractivity (Wildman–Crippen MR) is 92.8 cm³/mol. The normalized spacial score (nSPS) is 13.3. The highest BCUT2D eigenvalue weighted by Gasteiger charge is 2.19. The van der Waals surface area contributed by atoms with E-state index in [2.05, 4.69) is 15.0 Å². The summed E-state index contributed by atoms with van der Waals surface area (Å²) in [6, 6.07) is 7.84. The number of hydrogen-bond acceptors (Lipinski definition) is 7. The lowest BCUT2D eigenvalue weighted by molar-refractivity contribution is 0.171. The summed E-state index contributed by atoms with van der Waals surface area (Å²) in [6.45, 7) is 2.02. The molecule has 0 saturated carbocycles. The first kappa shape index (κ1) is 17.3. The largest absolute Gasteiger partial charge is 0.486 e. The summed E-state index contributed by atoms with van der Waals surface area (Å²) in [7, 11) is -2.13. The van der Waals surface area contributed by atoms with Gasteiger partial charge in [-0.1, -0.05) is 0 Å². The number of ether oxygens (including phenoxy) is 3. The second-order valence-corrected chi connectivity index (χ2v) is 6.95. The predicted octanol–water partition coefficient (Wildman–Crippen LogP) is 1.71. The Labute approximate surface area is 146 Å². The van der Waals surface area contributed by atoms with Crippen LogP contribution in [0.25, 0.3) is 0 Å². The Morgan fingerprint density at radius 2 is 1.96 bits per heavy atom. The quantitative estimate of drug-likeness (QED) is 0.721. The van der Waals surface area contributed by atoms with E-state index in [4.69, 9.17) is 14.2 Å². The molecule has 0 unspecified atom stereocenters. The molecule has 25 heavy (non-hydrogen) atoms. The monoisotopic (exact) mass is 365 g/mol. The SMILES string of the molecule is COCCNc1ccc(NS(=O)(=O)c2ccc3c(c2)OCCO3)cn1. The standard InChI is InChI=1S/C16H19N3O5S/c1-22-7-6-17-16-5-2-12(11-18-16)19-25(20,21)13-3-4-14-15(10-13)24-9-8-23-14/h2-5,10-11,19H,6-9H2,1H3,(H,17,18). The number of rotatable bonds is 7. The molecule has 1 aliphatic heterocycles. The number of fused-ring (bicyclic) bond motifs is 1. The molecular formula is C16H19N3O5S. The van der Waals surface area contributed by atoms with Crippen molar-refractivity contribution in [3.63, 3.8) is 0 Å². The number of nitrogens with zero attached hydrogens (tertiary/aromatic N) is 1. The summed E-state index contributed by atoms with van der Waals surface area (Å²) < 4.78 is 43.3. The zero-order valence-electron chi connectivity index (χ0n) is 13.7. The van der Waals surface area contributed by atoms with Crippen molar-refractivity contribution >= 4 is 21.5 Å². The Morgan fingerprint density at radius 1 is 1.16 bits per heavy atom. The fraction of sp³-hybridized carbons (Fsp3) is 0.312. The highest BCUT2D eigenvalue weighted by Crippen LogP contribution is 2.32. The molecule has 1 aromatic heterocycles. The zero-order chi connectivity index (χ0) is 17.7. The molecule has 0 amide bonds. The van der Waals surface area contributed by atoms with E-state index in [1.165, 1.54) is 18.3 Å². The average molecular weight is 365 g/mol. The van der Waals surface area contributed by atoms with Crippen molar-refractivity contribution in [1.29, 1.82) is 0 Å². The Balaban J connectivity index is 1.71. The van der Waals surface area contributed by atoms with Crippen LogP contribution in [0.5, 0.6) is 11.5 Å². The van der Waals surface area contributed by atoms with Crippen LogP contribution in [0.1, 0.15) is 0 Å². The zero-order valence-corrected chi connectivity index (χ0v) is 14.5. The van der Waals surface area contributed by atoms with Crippen LogP contribution in [-0.2, 0) is 14.8 Å². The Morgan fingerprint density at radius 3 is 2.68 bits per heavy atom.